The molecule has 0 bridgehead atoms. The van der Waals surface area contributed by atoms with E-state index in [1.54, 1.807) is 31.5 Å². The summed E-state index contributed by atoms with van der Waals surface area (Å²) in [6, 6.07) is 9.60. The summed E-state index contributed by atoms with van der Waals surface area (Å²) in [5, 5.41) is 3.37. The molecule has 1 aromatic carbocycles. The molecule has 0 saturated carbocycles. The molecule has 29 heavy (non-hydrogen) atoms. The van der Waals surface area contributed by atoms with Crippen molar-refractivity contribution >= 4 is 29.9 Å². The van der Waals surface area contributed by atoms with Crippen molar-refractivity contribution in [3.63, 3.8) is 0 Å². The van der Waals surface area contributed by atoms with Gasteiger partial charge in [-0.15, -0.1) is 24.0 Å². The molecule has 0 spiro atoms. The number of guanidine groups is 1. The topological polar surface area (TPSA) is 59.0 Å². The molecule has 6 nitrogen and oxygen atoms in total. The number of halogens is 2. The molecule has 0 radical (unpaired) electrons. The number of methoxy groups -OCH3 is 1. The van der Waals surface area contributed by atoms with Gasteiger partial charge in [-0.2, -0.15) is 0 Å². The van der Waals surface area contributed by atoms with Crippen molar-refractivity contribution < 1.29 is 13.9 Å². The number of aliphatic imine (C=N–C) groups is 1. The predicted octanol–water partition coefficient (Wildman–Crippen LogP) is 4.06. The highest BCUT2D eigenvalue weighted by Crippen LogP contribution is 2.20. The summed E-state index contributed by atoms with van der Waals surface area (Å²) in [6.45, 7) is 6.17. The Morgan fingerprint density at radius 1 is 1.28 bits per heavy atom. The minimum absolute atomic E-state index is 0. The number of benzene rings is 1. The number of hydrogen-bond acceptors (Lipinski definition) is 4. The molecule has 1 aromatic heterocycles. The second-order valence-electron chi connectivity index (χ2n) is 6.79. The molecular weight excluding hydrogens is 486 g/mol. The van der Waals surface area contributed by atoms with Gasteiger partial charge in [-0.05, 0) is 43.2 Å². The zero-order valence-electron chi connectivity index (χ0n) is 16.8. The molecule has 3 rings (SSSR count). The van der Waals surface area contributed by atoms with Crippen molar-refractivity contribution in [3.05, 3.63) is 54.0 Å². The van der Waals surface area contributed by atoms with Crippen LogP contribution in [0.5, 0.6) is 11.6 Å². The van der Waals surface area contributed by atoms with Gasteiger partial charge < -0.3 is 19.7 Å². The molecule has 158 valence electrons. The standard InChI is InChI=1S/C21H27FN4O2.HI/c1-3-23-21(26-11-10-17(14-26)15-27-2)25-13-16-4-9-20(24-12-16)28-19-7-5-18(22)6-8-19;/h4-9,12,17H,3,10-11,13-15H2,1-2H3,(H,23,25);1H. The molecule has 1 N–H and O–H groups in total. The van der Waals surface area contributed by atoms with Crippen molar-refractivity contribution in [2.45, 2.75) is 19.9 Å². The van der Waals surface area contributed by atoms with E-state index in [9.17, 15) is 4.39 Å². The van der Waals surface area contributed by atoms with E-state index in [2.05, 4.69) is 22.1 Å². The number of likely N-dealkylation sites (tertiary alicyclic amines) is 1. The smallest absolute Gasteiger partial charge is 0.219 e. The van der Waals surface area contributed by atoms with Crippen molar-refractivity contribution in [1.29, 1.82) is 0 Å². The summed E-state index contributed by atoms with van der Waals surface area (Å²) >= 11 is 0. The average molecular weight is 514 g/mol. The van der Waals surface area contributed by atoms with E-state index in [1.807, 2.05) is 6.07 Å². The van der Waals surface area contributed by atoms with Crippen LogP contribution in [0.25, 0.3) is 0 Å². The van der Waals surface area contributed by atoms with E-state index in [0.29, 0.717) is 24.1 Å². The predicted molar refractivity (Wildman–Crippen MR) is 122 cm³/mol. The van der Waals surface area contributed by atoms with E-state index >= 15 is 0 Å². The van der Waals surface area contributed by atoms with Crippen LogP contribution in [-0.4, -0.2) is 49.2 Å². The summed E-state index contributed by atoms with van der Waals surface area (Å²) in [7, 11) is 1.75. The number of ether oxygens (including phenoxy) is 2. The molecule has 8 heteroatoms. The van der Waals surface area contributed by atoms with Crippen LogP contribution >= 0.6 is 24.0 Å². The fourth-order valence-corrected chi connectivity index (χ4v) is 3.18. The first kappa shape index (κ1) is 23.3. The van der Waals surface area contributed by atoms with Crippen LogP contribution in [0.15, 0.2) is 47.6 Å². The second kappa shape index (κ2) is 11.9. The number of rotatable bonds is 7. The highest BCUT2D eigenvalue weighted by Gasteiger charge is 2.24. The van der Waals surface area contributed by atoms with Crippen LogP contribution in [-0.2, 0) is 11.3 Å². The third-order valence-corrected chi connectivity index (χ3v) is 4.57. The lowest BCUT2D eigenvalue weighted by Crippen LogP contribution is -2.40. The van der Waals surface area contributed by atoms with Crippen molar-refractivity contribution in [1.82, 2.24) is 15.2 Å². The lowest BCUT2D eigenvalue weighted by atomic mass is 10.1. The quantitative estimate of drug-likeness (QED) is 0.343. The van der Waals surface area contributed by atoms with E-state index < -0.39 is 0 Å². The highest BCUT2D eigenvalue weighted by atomic mass is 127. The van der Waals surface area contributed by atoms with Gasteiger partial charge in [-0.3, -0.25) is 0 Å². The van der Waals surface area contributed by atoms with Crippen LogP contribution in [0.4, 0.5) is 4.39 Å². The summed E-state index contributed by atoms with van der Waals surface area (Å²) in [5.74, 6) is 2.20. The molecule has 2 aromatic rings. The molecular formula is C21H28FIN4O2. The molecule has 1 saturated heterocycles. The Bertz CT molecular complexity index is 771. The van der Waals surface area contributed by atoms with Gasteiger partial charge in [0.1, 0.15) is 11.6 Å². The first-order valence-corrected chi connectivity index (χ1v) is 9.58. The van der Waals surface area contributed by atoms with Crippen LogP contribution in [0.1, 0.15) is 18.9 Å². The molecule has 0 aliphatic carbocycles. The zero-order valence-corrected chi connectivity index (χ0v) is 19.1. The maximum atomic E-state index is 13.0. The lowest BCUT2D eigenvalue weighted by molar-refractivity contribution is 0.157. The first-order chi connectivity index (χ1) is 13.7. The van der Waals surface area contributed by atoms with Gasteiger partial charge in [-0.25, -0.2) is 14.4 Å². The maximum absolute atomic E-state index is 13.0. The van der Waals surface area contributed by atoms with Crippen LogP contribution in [0.3, 0.4) is 0 Å². The first-order valence-electron chi connectivity index (χ1n) is 9.58. The normalized spacial score (nSPS) is 16.4. The molecule has 0 amide bonds. The fourth-order valence-electron chi connectivity index (χ4n) is 3.18. The maximum Gasteiger partial charge on any atom is 0.219 e. The number of aromatic nitrogens is 1. The molecule has 1 unspecified atom stereocenters. The van der Waals surface area contributed by atoms with E-state index in [1.165, 1.54) is 12.1 Å². The summed E-state index contributed by atoms with van der Waals surface area (Å²) in [4.78, 5) is 11.4. The van der Waals surface area contributed by atoms with Gasteiger partial charge >= 0.3 is 0 Å². The lowest BCUT2D eigenvalue weighted by Gasteiger charge is -2.21. The molecule has 2 heterocycles. The Labute approximate surface area is 188 Å². The summed E-state index contributed by atoms with van der Waals surface area (Å²) in [6.07, 6.45) is 2.87. The Balaban J connectivity index is 0.00000300. The van der Waals surface area contributed by atoms with Gasteiger partial charge in [0, 0.05) is 44.9 Å². The SMILES string of the molecule is CCNC(=NCc1ccc(Oc2ccc(F)cc2)nc1)N1CCC(COC)C1.I. The van der Waals surface area contributed by atoms with Gasteiger partial charge in [0.15, 0.2) is 5.96 Å². The van der Waals surface area contributed by atoms with Gasteiger partial charge in [0.25, 0.3) is 0 Å². The zero-order chi connectivity index (χ0) is 19.8. The Morgan fingerprint density at radius 2 is 2.07 bits per heavy atom. The van der Waals surface area contributed by atoms with Crippen molar-refractivity contribution in [2.24, 2.45) is 10.9 Å². The van der Waals surface area contributed by atoms with Crippen molar-refractivity contribution in [2.75, 3.05) is 33.4 Å². The number of nitrogens with one attached hydrogen (secondary N) is 1. The van der Waals surface area contributed by atoms with E-state index in [4.69, 9.17) is 14.5 Å². The fraction of sp³-hybridized carbons (Fsp3) is 0.429. The van der Waals surface area contributed by atoms with Gasteiger partial charge in [0.05, 0.1) is 13.2 Å². The molecule has 1 fully saturated rings. The molecule has 1 atom stereocenters. The van der Waals surface area contributed by atoms with Crippen LogP contribution < -0.4 is 10.1 Å². The Hall–Kier alpha value is -1.94. The van der Waals surface area contributed by atoms with E-state index in [-0.39, 0.29) is 29.8 Å². The number of hydrogen-bond donors (Lipinski definition) is 1. The largest absolute Gasteiger partial charge is 0.439 e. The number of pyridine rings is 1. The molecule has 1 aliphatic heterocycles. The third kappa shape index (κ3) is 7.11. The average Bonchev–Trinajstić information content (AvgIpc) is 3.17. The minimum Gasteiger partial charge on any atom is -0.439 e. The number of nitrogens with zero attached hydrogens (tertiary/aromatic N) is 3. The van der Waals surface area contributed by atoms with E-state index in [0.717, 1.165) is 44.2 Å². The van der Waals surface area contributed by atoms with Gasteiger partial charge in [-0.1, -0.05) is 6.07 Å². The second-order valence-corrected chi connectivity index (χ2v) is 6.79. The highest BCUT2D eigenvalue weighted by molar-refractivity contribution is 14.0. The Kier molecular flexibility index (Phi) is 9.59. The van der Waals surface area contributed by atoms with Crippen LogP contribution in [0.2, 0.25) is 0 Å². The molecule has 1 aliphatic rings. The minimum atomic E-state index is -0.295. The summed E-state index contributed by atoms with van der Waals surface area (Å²) < 4.78 is 23.9. The van der Waals surface area contributed by atoms with Crippen molar-refractivity contribution in [3.8, 4) is 11.6 Å². The van der Waals surface area contributed by atoms with Crippen LogP contribution in [0, 0.1) is 11.7 Å². The summed E-state index contributed by atoms with van der Waals surface area (Å²) in [5.41, 5.74) is 0.995. The Morgan fingerprint density at radius 3 is 2.72 bits per heavy atom. The third-order valence-electron chi connectivity index (χ3n) is 4.57. The monoisotopic (exact) mass is 514 g/mol. The van der Waals surface area contributed by atoms with Gasteiger partial charge in [0.2, 0.25) is 5.88 Å².